The molecule has 0 unspecified atom stereocenters. The highest BCUT2D eigenvalue weighted by atomic mass is 19.1. The molecule has 280 valence electrons. The summed E-state index contributed by atoms with van der Waals surface area (Å²) in [7, 11) is 0. The normalized spacial score (nSPS) is 55.2. The first-order valence-corrected chi connectivity index (χ1v) is 18.8. The van der Waals surface area contributed by atoms with Crippen molar-refractivity contribution in [2.24, 2.45) is 50.7 Å². The maximum absolute atomic E-state index is 15.9. The van der Waals surface area contributed by atoms with Gasteiger partial charge in [0.1, 0.15) is 30.6 Å². The van der Waals surface area contributed by atoms with Crippen LogP contribution in [0.3, 0.4) is 0 Å². The SMILES string of the molecule is CC(=O)O[C@@H]([C@H]1C[C@@H](C)[C@H]2[C@H](O1)[C@@](O)(CF)[C@@]1(C)[C@@H]3CC[C@H]4C(C)(C)[C@@H](O[C@@H]5OC[C@@H](O)[C@H](O)[C@H]5O)CC[C@@]45C[C@@]35CC[C@]21C)C(C)(C)O. The molecule has 17 atom stereocenters. The zero-order valence-electron chi connectivity index (χ0n) is 30.7. The van der Waals surface area contributed by atoms with Crippen LogP contribution in [0.15, 0.2) is 0 Å². The second-order valence-corrected chi connectivity index (χ2v) is 19.1. The highest BCUT2D eigenvalue weighted by Gasteiger charge is 2.87. The number of hydrogen-bond acceptors (Lipinski definition) is 10. The van der Waals surface area contributed by atoms with Gasteiger partial charge in [0, 0.05) is 12.3 Å². The van der Waals surface area contributed by atoms with Crippen molar-refractivity contribution in [2.45, 2.75) is 167 Å². The number of ether oxygens (including phenoxy) is 4. The van der Waals surface area contributed by atoms with Gasteiger partial charge in [-0.1, -0.05) is 34.6 Å². The Bertz CT molecular complexity index is 1320. The lowest BCUT2D eigenvalue weighted by atomic mass is 9.40. The number of fused-ring (bicyclic) bond motifs is 4. The summed E-state index contributed by atoms with van der Waals surface area (Å²) < 4.78 is 40.4. The Hall–Kier alpha value is -0.920. The Morgan fingerprint density at radius 3 is 2.29 bits per heavy atom. The number of alkyl halides is 1. The summed E-state index contributed by atoms with van der Waals surface area (Å²) in [5.41, 5.74) is -4.60. The number of carbonyl (C=O) groups is 1. The molecule has 5 aliphatic carbocycles. The first kappa shape index (κ1) is 36.4. The van der Waals surface area contributed by atoms with E-state index in [-0.39, 0.29) is 46.7 Å². The molecule has 2 spiro atoms. The van der Waals surface area contributed by atoms with E-state index in [1.54, 1.807) is 13.8 Å². The molecule has 7 fully saturated rings. The summed E-state index contributed by atoms with van der Waals surface area (Å²) in [6.45, 7) is 14.5. The van der Waals surface area contributed by atoms with E-state index >= 15 is 4.39 Å². The molecule has 7 rings (SSSR count). The topological polar surface area (TPSA) is 155 Å². The van der Waals surface area contributed by atoms with Gasteiger partial charge in [-0.2, -0.15) is 0 Å². The van der Waals surface area contributed by atoms with Crippen LogP contribution in [0.2, 0.25) is 0 Å². The molecule has 10 nitrogen and oxygen atoms in total. The Balaban J connectivity index is 1.19. The van der Waals surface area contributed by atoms with Crippen molar-refractivity contribution in [2.75, 3.05) is 13.3 Å². The van der Waals surface area contributed by atoms with E-state index in [1.807, 2.05) is 0 Å². The van der Waals surface area contributed by atoms with Gasteiger partial charge in [0.15, 0.2) is 12.4 Å². The molecular formula is C38H61FO10. The number of rotatable bonds is 6. The largest absolute Gasteiger partial charge is 0.457 e. The van der Waals surface area contributed by atoms with Crippen molar-refractivity contribution in [1.29, 1.82) is 0 Å². The number of aliphatic hydroxyl groups is 5. The molecule has 7 aliphatic rings. The van der Waals surface area contributed by atoms with E-state index in [1.165, 1.54) is 6.92 Å². The number of esters is 1. The number of hydrogen-bond donors (Lipinski definition) is 5. The third-order valence-electron chi connectivity index (χ3n) is 16.4. The second kappa shape index (κ2) is 11.3. The van der Waals surface area contributed by atoms with Crippen LogP contribution in [0.1, 0.15) is 107 Å². The minimum atomic E-state index is -1.76. The maximum Gasteiger partial charge on any atom is 0.303 e. The number of aliphatic hydroxyl groups excluding tert-OH is 3. The fraction of sp³-hybridized carbons (Fsp3) is 0.974. The zero-order chi connectivity index (χ0) is 35.9. The molecule has 2 aliphatic heterocycles. The molecule has 0 aromatic heterocycles. The van der Waals surface area contributed by atoms with Crippen LogP contribution in [-0.2, 0) is 23.7 Å². The third kappa shape index (κ3) is 4.61. The summed E-state index contributed by atoms with van der Waals surface area (Å²) in [5.74, 6) is -0.184. The fourth-order valence-electron chi connectivity index (χ4n) is 14.1. The quantitative estimate of drug-likeness (QED) is 0.205. The highest BCUT2D eigenvalue weighted by molar-refractivity contribution is 5.66. The summed E-state index contributed by atoms with van der Waals surface area (Å²) in [6.07, 6.45) is -0.623. The molecule has 0 aromatic rings. The van der Waals surface area contributed by atoms with Crippen LogP contribution in [0.4, 0.5) is 4.39 Å². The van der Waals surface area contributed by atoms with Crippen LogP contribution in [-0.4, -0.2) is 105 Å². The molecule has 49 heavy (non-hydrogen) atoms. The minimum absolute atomic E-state index is 0.0344. The third-order valence-corrected chi connectivity index (χ3v) is 16.4. The van der Waals surface area contributed by atoms with Crippen molar-refractivity contribution in [3.63, 3.8) is 0 Å². The lowest BCUT2D eigenvalue weighted by Crippen LogP contribution is -2.65. The first-order valence-electron chi connectivity index (χ1n) is 18.8. The van der Waals surface area contributed by atoms with E-state index in [0.717, 1.165) is 44.9 Å². The van der Waals surface area contributed by atoms with Gasteiger partial charge in [0.2, 0.25) is 0 Å². The van der Waals surface area contributed by atoms with Gasteiger partial charge in [-0.25, -0.2) is 4.39 Å². The predicted molar refractivity (Wildman–Crippen MR) is 176 cm³/mol. The van der Waals surface area contributed by atoms with Gasteiger partial charge >= 0.3 is 5.97 Å². The zero-order valence-corrected chi connectivity index (χ0v) is 30.7. The van der Waals surface area contributed by atoms with Gasteiger partial charge in [-0.3, -0.25) is 4.79 Å². The average Bonchev–Trinajstić information content (AvgIpc) is 3.65. The van der Waals surface area contributed by atoms with E-state index in [9.17, 15) is 30.3 Å². The lowest BCUT2D eigenvalue weighted by Gasteiger charge is -2.65. The molecule has 0 radical (unpaired) electrons. The summed E-state index contributed by atoms with van der Waals surface area (Å²) in [6, 6.07) is 0. The van der Waals surface area contributed by atoms with Crippen molar-refractivity contribution < 1.29 is 53.7 Å². The van der Waals surface area contributed by atoms with Crippen LogP contribution >= 0.6 is 0 Å². The highest BCUT2D eigenvalue weighted by Crippen LogP contribution is 2.90. The molecule has 5 saturated carbocycles. The Kier molecular flexibility index (Phi) is 8.40. The molecular weight excluding hydrogens is 635 g/mol. The van der Waals surface area contributed by atoms with Crippen LogP contribution in [0.25, 0.3) is 0 Å². The van der Waals surface area contributed by atoms with Gasteiger partial charge in [0.05, 0.1) is 30.5 Å². The second-order valence-electron chi connectivity index (χ2n) is 19.1. The minimum Gasteiger partial charge on any atom is -0.457 e. The standard InChI is InChI=1S/C38H61FO10/c1-19-15-22(29(33(5,6)44)47-20(2)40)48-30-26(19)34(7)13-14-37-17-36(37)12-11-25(49-31-28(43)27(42)21(41)16-46-31)32(3,4)23(36)9-10-24(37)35(34,8)38(30,45)18-39/h19,21-31,41-45H,9-18H2,1-8H3/t19-,21-,22-,23+,24+,25+,26+,27+,28-,29+,30+,31+,34-,35+,36-,37+,38+/m1/s1. The summed E-state index contributed by atoms with van der Waals surface area (Å²) in [5, 5.41) is 54.8. The molecule has 5 N–H and O–H groups in total. The monoisotopic (exact) mass is 696 g/mol. The van der Waals surface area contributed by atoms with Gasteiger partial charge in [0.25, 0.3) is 0 Å². The smallest absolute Gasteiger partial charge is 0.303 e. The Labute approximate surface area is 290 Å². The lowest BCUT2D eigenvalue weighted by molar-refractivity contribution is -0.303. The van der Waals surface area contributed by atoms with Crippen LogP contribution < -0.4 is 0 Å². The van der Waals surface area contributed by atoms with Crippen LogP contribution in [0, 0.1) is 50.7 Å². The first-order chi connectivity index (χ1) is 22.7. The predicted octanol–water partition coefficient (Wildman–Crippen LogP) is 3.67. The van der Waals surface area contributed by atoms with E-state index in [2.05, 4.69) is 34.6 Å². The van der Waals surface area contributed by atoms with Gasteiger partial charge < -0.3 is 44.5 Å². The number of halogens is 1. The fourth-order valence-corrected chi connectivity index (χ4v) is 14.1. The molecule has 0 bridgehead atoms. The van der Waals surface area contributed by atoms with Crippen LogP contribution in [0.5, 0.6) is 0 Å². The van der Waals surface area contributed by atoms with E-state index in [0.29, 0.717) is 12.3 Å². The van der Waals surface area contributed by atoms with Gasteiger partial charge in [-0.05, 0) is 111 Å². The van der Waals surface area contributed by atoms with E-state index in [4.69, 9.17) is 18.9 Å². The molecule has 0 amide bonds. The van der Waals surface area contributed by atoms with Crippen molar-refractivity contribution >= 4 is 5.97 Å². The summed E-state index contributed by atoms with van der Waals surface area (Å²) in [4.78, 5) is 12.1. The van der Waals surface area contributed by atoms with Crippen molar-refractivity contribution in [3.8, 4) is 0 Å². The number of carbonyl (C=O) groups excluding carboxylic acids is 1. The maximum atomic E-state index is 15.9. The van der Waals surface area contributed by atoms with Crippen molar-refractivity contribution in [3.05, 3.63) is 0 Å². The molecule has 2 heterocycles. The molecule has 2 saturated heterocycles. The van der Waals surface area contributed by atoms with Crippen molar-refractivity contribution in [1.82, 2.24) is 0 Å². The Morgan fingerprint density at radius 2 is 1.65 bits per heavy atom. The molecule has 0 aromatic carbocycles. The average molecular weight is 697 g/mol. The summed E-state index contributed by atoms with van der Waals surface area (Å²) >= 11 is 0. The Morgan fingerprint density at radius 1 is 1.00 bits per heavy atom. The van der Waals surface area contributed by atoms with Gasteiger partial charge in [-0.15, -0.1) is 0 Å². The van der Waals surface area contributed by atoms with E-state index < -0.39 is 77.6 Å². The molecule has 11 heteroatoms.